The van der Waals surface area contributed by atoms with Crippen LogP contribution in [-0.2, 0) is 0 Å². The lowest BCUT2D eigenvalue weighted by Crippen LogP contribution is -1.95. The summed E-state index contributed by atoms with van der Waals surface area (Å²) in [7, 11) is 0. The molecule has 7 nitrogen and oxygen atoms in total. The van der Waals surface area contributed by atoms with Gasteiger partial charge in [0.1, 0.15) is 11.4 Å². The summed E-state index contributed by atoms with van der Waals surface area (Å²) >= 11 is 0. The van der Waals surface area contributed by atoms with E-state index in [4.69, 9.17) is 9.63 Å². The largest absolute Gasteiger partial charge is 0.478 e. The van der Waals surface area contributed by atoms with Gasteiger partial charge in [0, 0.05) is 5.56 Å². The van der Waals surface area contributed by atoms with Crippen molar-refractivity contribution in [3.05, 3.63) is 70.6 Å². The van der Waals surface area contributed by atoms with Crippen molar-refractivity contribution < 1.29 is 14.4 Å². The number of carboxylic acid groups (broad SMARTS) is 1. The minimum Gasteiger partial charge on any atom is -0.478 e. The van der Waals surface area contributed by atoms with Crippen molar-refractivity contribution in [2.24, 2.45) is 10.2 Å². The predicted octanol–water partition coefficient (Wildman–Crippen LogP) is 3.75. The van der Waals surface area contributed by atoms with Gasteiger partial charge in [0.15, 0.2) is 5.69 Å². The minimum atomic E-state index is -1.12. The molecular formula is C16H11N3O4. The van der Waals surface area contributed by atoms with Crippen LogP contribution < -0.4 is 5.63 Å². The van der Waals surface area contributed by atoms with Gasteiger partial charge >= 0.3 is 11.6 Å². The maximum atomic E-state index is 11.8. The molecule has 2 N–H and O–H groups in total. The number of nitrogens with zero attached hydrogens (tertiary/aromatic N) is 2. The normalized spacial score (nSPS) is 11.0. The summed E-state index contributed by atoms with van der Waals surface area (Å²) < 4.78 is 4.77. The Hall–Kier alpha value is -3.48. The van der Waals surface area contributed by atoms with Gasteiger partial charge in [-0.25, -0.2) is 14.7 Å². The second-order valence-electron chi connectivity index (χ2n) is 4.60. The Labute approximate surface area is 129 Å². The van der Waals surface area contributed by atoms with E-state index >= 15 is 0 Å². The Morgan fingerprint density at radius 1 is 1.00 bits per heavy atom. The zero-order chi connectivity index (χ0) is 16.2. The van der Waals surface area contributed by atoms with E-state index in [0.29, 0.717) is 11.3 Å². The van der Waals surface area contributed by atoms with Crippen LogP contribution >= 0.6 is 0 Å². The van der Waals surface area contributed by atoms with Crippen molar-refractivity contribution in [2.75, 3.05) is 0 Å². The molecule has 0 aliphatic carbocycles. The molecule has 0 unspecified atom stereocenters. The number of carboxylic acids is 1. The number of nitrogens with one attached hydrogen (secondary N) is 1. The van der Waals surface area contributed by atoms with Crippen LogP contribution in [0.25, 0.3) is 11.3 Å². The Morgan fingerprint density at radius 3 is 2.43 bits per heavy atom. The molecule has 1 aromatic heterocycles. The molecule has 0 saturated carbocycles. The summed E-state index contributed by atoms with van der Waals surface area (Å²) in [5, 5.41) is 19.4. The van der Waals surface area contributed by atoms with E-state index in [1.807, 2.05) is 6.07 Å². The van der Waals surface area contributed by atoms with Crippen molar-refractivity contribution in [3.63, 3.8) is 0 Å². The van der Waals surface area contributed by atoms with E-state index in [1.54, 1.807) is 36.4 Å². The van der Waals surface area contributed by atoms with Crippen LogP contribution in [0.1, 0.15) is 10.4 Å². The van der Waals surface area contributed by atoms with E-state index in [2.05, 4.69) is 15.4 Å². The van der Waals surface area contributed by atoms with E-state index in [1.165, 1.54) is 12.1 Å². The molecule has 0 aliphatic rings. The van der Waals surface area contributed by atoms with Gasteiger partial charge in [0.2, 0.25) is 0 Å². The quantitative estimate of drug-likeness (QED) is 0.715. The van der Waals surface area contributed by atoms with E-state index < -0.39 is 11.6 Å². The molecule has 0 spiro atoms. The SMILES string of the molecule is O=C(O)c1ccccc1N=Nc1c(-c2ccccc2)[nH]oc1=O. The zero-order valence-electron chi connectivity index (χ0n) is 11.8. The minimum absolute atomic E-state index is 0.00238. The lowest BCUT2D eigenvalue weighted by Gasteiger charge is -1.99. The van der Waals surface area contributed by atoms with E-state index in [9.17, 15) is 9.59 Å². The van der Waals surface area contributed by atoms with Crippen molar-refractivity contribution in [1.82, 2.24) is 5.16 Å². The molecule has 0 fully saturated rings. The van der Waals surface area contributed by atoms with E-state index in [-0.39, 0.29) is 16.9 Å². The maximum absolute atomic E-state index is 11.8. The smallest absolute Gasteiger partial charge is 0.385 e. The van der Waals surface area contributed by atoms with Gasteiger partial charge in [-0.2, -0.15) is 0 Å². The third-order valence-electron chi connectivity index (χ3n) is 3.13. The van der Waals surface area contributed by atoms with Crippen LogP contribution in [0.15, 0.2) is 74.1 Å². The molecule has 114 valence electrons. The first-order chi connectivity index (χ1) is 11.2. The average molecular weight is 309 g/mol. The summed E-state index contributed by atoms with van der Waals surface area (Å²) in [6.07, 6.45) is 0. The maximum Gasteiger partial charge on any atom is 0.385 e. The standard InChI is InChI=1S/C16H11N3O4/c20-15(21)11-8-4-5-9-12(11)17-18-14-13(19-23-16(14)22)10-6-2-1-3-7-10/h1-9,19H,(H,20,21). The number of aromatic carboxylic acids is 1. The highest BCUT2D eigenvalue weighted by Gasteiger charge is 2.14. The van der Waals surface area contributed by atoms with Crippen LogP contribution in [0.2, 0.25) is 0 Å². The molecule has 3 rings (SSSR count). The van der Waals surface area contributed by atoms with Gasteiger partial charge in [0.25, 0.3) is 0 Å². The van der Waals surface area contributed by atoms with E-state index in [0.717, 1.165) is 0 Å². The number of carbonyl (C=O) groups is 1. The van der Waals surface area contributed by atoms with Gasteiger partial charge in [-0.3, -0.25) is 0 Å². The molecule has 0 radical (unpaired) electrons. The van der Waals surface area contributed by atoms with Crippen molar-refractivity contribution in [1.29, 1.82) is 0 Å². The highest BCUT2D eigenvalue weighted by Crippen LogP contribution is 2.27. The molecule has 0 saturated heterocycles. The summed E-state index contributed by atoms with van der Waals surface area (Å²) in [5.41, 5.74) is 0.542. The topological polar surface area (TPSA) is 108 Å². The second-order valence-corrected chi connectivity index (χ2v) is 4.60. The molecule has 0 amide bonds. The fraction of sp³-hybridized carbons (Fsp3) is 0. The summed E-state index contributed by atoms with van der Waals surface area (Å²) in [6.45, 7) is 0. The molecule has 2 aromatic carbocycles. The first-order valence-electron chi connectivity index (χ1n) is 6.68. The first kappa shape index (κ1) is 14.5. The van der Waals surface area contributed by atoms with Crippen LogP contribution in [0.3, 0.4) is 0 Å². The summed E-state index contributed by atoms with van der Waals surface area (Å²) in [6, 6.07) is 15.2. The molecule has 0 bridgehead atoms. The number of hydrogen-bond donors (Lipinski definition) is 2. The lowest BCUT2D eigenvalue weighted by atomic mass is 10.1. The summed E-state index contributed by atoms with van der Waals surface area (Å²) in [5.74, 6) is -1.12. The van der Waals surface area contributed by atoms with Gasteiger partial charge in [-0.05, 0) is 12.1 Å². The number of rotatable bonds is 4. The van der Waals surface area contributed by atoms with Gasteiger partial charge < -0.3 is 9.63 Å². The molecule has 0 atom stereocenters. The number of aromatic nitrogens is 1. The fourth-order valence-corrected chi connectivity index (χ4v) is 2.03. The third-order valence-corrected chi connectivity index (χ3v) is 3.13. The predicted molar refractivity (Wildman–Crippen MR) is 82.3 cm³/mol. The molecule has 3 aromatic rings. The number of hydrogen-bond acceptors (Lipinski definition) is 5. The first-order valence-corrected chi connectivity index (χ1v) is 6.68. The number of azo groups is 1. The second kappa shape index (κ2) is 6.10. The van der Waals surface area contributed by atoms with Gasteiger partial charge in [-0.15, -0.1) is 10.2 Å². The van der Waals surface area contributed by atoms with Gasteiger partial charge in [-0.1, -0.05) is 42.5 Å². The lowest BCUT2D eigenvalue weighted by molar-refractivity contribution is 0.0698. The Kier molecular flexibility index (Phi) is 3.84. The highest BCUT2D eigenvalue weighted by molar-refractivity contribution is 5.93. The van der Waals surface area contributed by atoms with Crippen molar-refractivity contribution >= 4 is 17.3 Å². The molecule has 1 heterocycles. The fourth-order valence-electron chi connectivity index (χ4n) is 2.03. The number of benzene rings is 2. The van der Waals surface area contributed by atoms with Crippen LogP contribution in [0.4, 0.5) is 11.4 Å². The van der Waals surface area contributed by atoms with Crippen LogP contribution in [-0.4, -0.2) is 16.2 Å². The van der Waals surface area contributed by atoms with Crippen molar-refractivity contribution in [2.45, 2.75) is 0 Å². The molecule has 7 heteroatoms. The van der Waals surface area contributed by atoms with Crippen LogP contribution in [0.5, 0.6) is 0 Å². The van der Waals surface area contributed by atoms with Gasteiger partial charge in [0.05, 0.1) is 5.56 Å². The number of H-pyrrole nitrogens is 1. The molecule has 0 aliphatic heterocycles. The average Bonchev–Trinajstić information content (AvgIpc) is 2.94. The zero-order valence-corrected chi connectivity index (χ0v) is 11.8. The summed E-state index contributed by atoms with van der Waals surface area (Å²) in [4.78, 5) is 22.9. The third kappa shape index (κ3) is 2.93. The monoisotopic (exact) mass is 309 g/mol. The Bertz CT molecular complexity index is 926. The van der Waals surface area contributed by atoms with Crippen molar-refractivity contribution in [3.8, 4) is 11.3 Å². The number of aromatic amines is 1. The molecular weight excluding hydrogens is 298 g/mol. The highest BCUT2D eigenvalue weighted by atomic mass is 16.5. The molecule has 23 heavy (non-hydrogen) atoms. The van der Waals surface area contributed by atoms with Crippen LogP contribution in [0, 0.1) is 0 Å². The Balaban J connectivity index is 2.04. The Morgan fingerprint density at radius 2 is 1.70 bits per heavy atom.